The molecule has 0 spiro atoms. The summed E-state index contributed by atoms with van der Waals surface area (Å²) in [5.74, 6) is 0.443. The van der Waals surface area contributed by atoms with E-state index in [1.165, 1.54) is 30.1 Å². The van der Waals surface area contributed by atoms with Crippen molar-refractivity contribution in [1.82, 2.24) is 9.97 Å². The molecule has 6 nitrogen and oxygen atoms in total. The highest BCUT2D eigenvalue weighted by atomic mass is 32.2. The summed E-state index contributed by atoms with van der Waals surface area (Å²) in [5.41, 5.74) is 3.52. The number of anilines is 2. The number of fused-ring (bicyclic) bond motifs is 1. The van der Waals surface area contributed by atoms with E-state index in [9.17, 15) is 13.5 Å². The van der Waals surface area contributed by atoms with E-state index in [-0.39, 0.29) is 22.1 Å². The maximum atomic E-state index is 12.3. The molecule has 0 fully saturated rings. The van der Waals surface area contributed by atoms with Crippen LogP contribution >= 0.6 is 11.3 Å². The molecule has 0 aliphatic carbocycles. The summed E-state index contributed by atoms with van der Waals surface area (Å²) in [7, 11) is -3.41. The van der Waals surface area contributed by atoms with Crippen molar-refractivity contribution in [2.45, 2.75) is 25.7 Å². The van der Waals surface area contributed by atoms with Gasteiger partial charge in [-0.25, -0.2) is 18.4 Å². The second kappa shape index (κ2) is 7.70. The number of benzene rings is 2. The Bertz CT molecular complexity index is 1340. The average molecular weight is 440 g/mol. The molecule has 2 aromatic carbocycles. The van der Waals surface area contributed by atoms with E-state index >= 15 is 0 Å². The highest BCUT2D eigenvalue weighted by Crippen LogP contribution is 2.42. The Balaban J connectivity index is 1.87. The number of sulfone groups is 1. The average Bonchev–Trinajstić information content (AvgIpc) is 3.07. The Hall–Kier alpha value is -2.97. The van der Waals surface area contributed by atoms with Gasteiger partial charge in [0.25, 0.3) is 0 Å². The van der Waals surface area contributed by atoms with Gasteiger partial charge in [-0.2, -0.15) is 0 Å². The fraction of sp³-hybridized carbons (Fsp3) is 0.182. The molecule has 2 heterocycles. The summed E-state index contributed by atoms with van der Waals surface area (Å²) >= 11 is 1.57. The molecule has 30 heavy (non-hydrogen) atoms. The number of aromatic nitrogens is 2. The van der Waals surface area contributed by atoms with Gasteiger partial charge in [-0.15, -0.1) is 11.3 Å². The predicted molar refractivity (Wildman–Crippen MR) is 121 cm³/mol. The van der Waals surface area contributed by atoms with E-state index < -0.39 is 9.84 Å². The minimum atomic E-state index is -3.41. The van der Waals surface area contributed by atoms with E-state index in [0.717, 1.165) is 26.2 Å². The smallest absolute Gasteiger partial charge is 0.178 e. The lowest BCUT2D eigenvalue weighted by molar-refractivity contribution is 0.477. The minimum absolute atomic E-state index is 0.0176. The topological polar surface area (TPSA) is 92.2 Å². The van der Waals surface area contributed by atoms with Crippen LogP contribution in [0.25, 0.3) is 21.3 Å². The van der Waals surface area contributed by atoms with Crippen molar-refractivity contribution in [3.8, 4) is 16.9 Å². The van der Waals surface area contributed by atoms with Crippen LogP contribution < -0.4 is 5.32 Å². The number of thiophene rings is 1. The first-order valence-corrected chi connectivity index (χ1v) is 11.9. The molecule has 0 aliphatic heterocycles. The fourth-order valence-electron chi connectivity index (χ4n) is 3.31. The van der Waals surface area contributed by atoms with Crippen molar-refractivity contribution in [1.29, 1.82) is 0 Å². The van der Waals surface area contributed by atoms with Crippen LogP contribution in [0.4, 0.5) is 11.5 Å². The zero-order valence-electron chi connectivity index (χ0n) is 16.8. The van der Waals surface area contributed by atoms with Crippen LogP contribution in [0.5, 0.6) is 5.75 Å². The summed E-state index contributed by atoms with van der Waals surface area (Å²) in [6.07, 6.45) is 1.46. The number of rotatable bonds is 5. The first kappa shape index (κ1) is 20.3. The zero-order chi connectivity index (χ0) is 21.5. The third-order valence-electron chi connectivity index (χ3n) is 4.96. The molecule has 0 atom stereocenters. The van der Waals surface area contributed by atoms with E-state index in [0.29, 0.717) is 5.82 Å². The maximum Gasteiger partial charge on any atom is 0.178 e. The SMILES string of the molecule is CCS(=O)(=O)c1ccc(O)c(Nc2ncnc3sc(C)c(-c4ccc(C)cc4)c23)c1. The van der Waals surface area contributed by atoms with Crippen LogP contribution in [0.15, 0.2) is 53.7 Å². The lowest BCUT2D eigenvalue weighted by Gasteiger charge is -2.12. The van der Waals surface area contributed by atoms with Gasteiger partial charge < -0.3 is 10.4 Å². The molecule has 2 aromatic heterocycles. The van der Waals surface area contributed by atoms with Crippen molar-refractivity contribution in [2.75, 3.05) is 11.1 Å². The van der Waals surface area contributed by atoms with Gasteiger partial charge in [-0.3, -0.25) is 0 Å². The van der Waals surface area contributed by atoms with Gasteiger partial charge in [0.2, 0.25) is 0 Å². The van der Waals surface area contributed by atoms with Crippen LogP contribution in [0.2, 0.25) is 0 Å². The number of phenolic OH excluding ortho intramolecular Hbond substituents is 1. The summed E-state index contributed by atoms with van der Waals surface area (Å²) in [6.45, 7) is 5.67. The Morgan fingerprint density at radius 2 is 1.80 bits per heavy atom. The van der Waals surface area contributed by atoms with Crippen molar-refractivity contribution < 1.29 is 13.5 Å². The van der Waals surface area contributed by atoms with Gasteiger partial charge in [0, 0.05) is 10.4 Å². The minimum Gasteiger partial charge on any atom is -0.506 e. The van der Waals surface area contributed by atoms with Crippen molar-refractivity contribution in [3.05, 3.63) is 59.2 Å². The first-order valence-electron chi connectivity index (χ1n) is 9.44. The van der Waals surface area contributed by atoms with Gasteiger partial charge in [-0.05, 0) is 37.6 Å². The molecular weight excluding hydrogens is 418 g/mol. The molecule has 0 bridgehead atoms. The number of phenols is 1. The number of nitrogens with zero attached hydrogens (tertiary/aromatic N) is 2. The standard InChI is InChI=1S/C22H21N3O3S2/c1-4-30(27,28)16-9-10-18(26)17(11-16)25-21-20-19(15-7-5-13(2)6-8-15)14(3)29-22(20)24-12-23-21/h5-12,26H,4H2,1-3H3,(H,23,24,25). The van der Waals surface area contributed by atoms with Crippen LogP contribution in [0, 0.1) is 13.8 Å². The summed E-state index contributed by atoms with van der Waals surface area (Å²) in [5, 5.41) is 14.3. The summed E-state index contributed by atoms with van der Waals surface area (Å²) in [4.78, 5) is 10.9. The molecular formula is C22H21N3O3S2. The molecule has 154 valence electrons. The van der Waals surface area contributed by atoms with Gasteiger partial charge >= 0.3 is 0 Å². The van der Waals surface area contributed by atoms with Crippen LogP contribution in [0.3, 0.4) is 0 Å². The van der Waals surface area contributed by atoms with E-state index in [2.05, 4.69) is 39.6 Å². The van der Waals surface area contributed by atoms with Crippen molar-refractivity contribution in [2.24, 2.45) is 0 Å². The van der Waals surface area contributed by atoms with Crippen molar-refractivity contribution in [3.63, 3.8) is 0 Å². The molecule has 0 amide bonds. The van der Waals surface area contributed by atoms with Gasteiger partial charge in [0.05, 0.1) is 21.7 Å². The number of aromatic hydroxyl groups is 1. The lowest BCUT2D eigenvalue weighted by Crippen LogP contribution is -2.04. The Labute approximate surface area is 179 Å². The van der Waals surface area contributed by atoms with E-state index in [1.807, 2.05) is 13.8 Å². The number of nitrogens with one attached hydrogen (secondary N) is 1. The maximum absolute atomic E-state index is 12.3. The third-order valence-corrected chi connectivity index (χ3v) is 7.71. The normalized spacial score (nSPS) is 11.7. The lowest BCUT2D eigenvalue weighted by atomic mass is 10.0. The van der Waals surface area contributed by atoms with E-state index in [1.54, 1.807) is 18.3 Å². The van der Waals surface area contributed by atoms with Gasteiger partial charge in [-0.1, -0.05) is 36.8 Å². The van der Waals surface area contributed by atoms with Crippen LogP contribution in [-0.2, 0) is 9.84 Å². The monoisotopic (exact) mass is 439 g/mol. The molecule has 0 aliphatic rings. The van der Waals surface area contributed by atoms with Crippen LogP contribution in [-0.4, -0.2) is 29.2 Å². The highest BCUT2D eigenvalue weighted by molar-refractivity contribution is 7.91. The molecule has 0 saturated carbocycles. The predicted octanol–water partition coefficient (Wildman–Crippen LogP) is 5.22. The highest BCUT2D eigenvalue weighted by Gasteiger charge is 2.19. The molecule has 0 saturated heterocycles. The molecule has 8 heteroatoms. The fourth-order valence-corrected chi connectivity index (χ4v) is 5.23. The van der Waals surface area contributed by atoms with Crippen LogP contribution in [0.1, 0.15) is 17.4 Å². The Morgan fingerprint density at radius 3 is 2.50 bits per heavy atom. The first-order chi connectivity index (χ1) is 14.3. The van der Waals surface area contributed by atoms with E-state index in [4.69, 9.17) is 0 Å². The molecule has 4 rings (SSSR count). The van der Waals surface area contributed by atoms with Gasteiger partial charge in [0.15, 0.2) is 9.84 Å². The second-order valence-corrected chi connectivity index (χ2v) is 10.5. The quantitative estimate of drug-likeness (QED) is 0.414. The summed E-state index contributed by atoms with van der Waals surface area (Å²) < 4.78 is 24.5. The summed E-state index contributed by atoms with van der Waals surface area (Å²) in [6, 6.07) is 12.5. The third kappa shape index (κ3) is 3.64. The number of aryl methyl sites for hydroxylation is 2. The Kier molecular flexibility index (Phi) is 5.21. The molecule has 0 radical (unpaired) electrons. The number of hydrogen-bond acceptors (Lipinski definition) is 7. The Morgan fingerprint density at radius 1 is 1.07 bits per heavy atom. The van der Waals surface area contributed by atoms with Gasteiger partial charge in [0.1, 0.15) is 22.7 Å². The zero-order valence-corrected chi connectivity index (χ0v) is 18.4. The molecule has 0 unspecified atom stereocenters. The largest absolute Gasteiger partial charge is 0.506 e. The number of hydrogen-bond donors (Lipinski definition) is 2. The molecule has 2 N–H and O–H groups in total. The second-order valence-electron chi connectivity index (χ2n) is 7.01. The molecule has 4 aromatic rings. The van der Waals surface area contributed by atoms with Crippen molar-refractivity contribution >= 4 is 42.9 Å².